The van der Waals surface area contributed by atoms with E-state index in [-0.39, 0.29) is 11.3 Å². The number of nitrogens with zero attached hydrogens (tertiary/aromatic N) is 1. The third kappa shape index (κ3) is 2.45. The average Bonchev–Trinajstić information content (AvgIpc) is 2.72. The van der Waals surface area contributed by atoms with Gasteiger partial charge in [0.2, 0.25) is 0 Å². The number of carboxylic acid groups (broad SMARTS) is 1. The van der Waals surface area contributed by atoms with E-state index in [1.54, 1.807) is 0 Å². The van der Waals surface area contributed by atoms with Crippen LogP contribution in [0.1, 0.15) is 20.3 Å². The third-order valence-corrected chi connectivity index (χ3v) is 3.74. The lowest BCUT2D eigenvalue weighted by Gasteiger charge is -2.30. The van der Waals surface area contributed by atoms with Gasteiger partial charge in [-0.15, -0.1) is 0 Å². The van der Waals surface area contributed by atoms with Crippen molar-refractivity contribution >= 4 is 11.9 Å². The van der Waals surface area contributed by atoms with Crippen LogP contribution in [0.5, 0.6) is 0 Å². The number of hydrogen-bond donors (Lipinski definition) is 1. The molecule has 0 aliphatic carbocycles. The maximum atomic E-state index is 13.0. The zero-order valence-electron chi connectivity index (χ0n) is 10.8. The lowest BCUT2D eigenvalue weighted by Crippen LogP contribution is -2.52. The minimum absolute atomic E-state index is 0.153. The Balaban J connectivity index is 2.99. The Morgan fingerprint density at radius 2 is 1.70 bits per heavy atom. The van der Waals surface area contributed by atoms with Crippen molar-refractivity contribution in [1.29, 1.82) is 0 Å². The predicted molar refractivity (Wildman–Crippen MR) is 57.1 cm³/mol. The van der Waals surface area contributed by atoms with Crippen LogP contribution < -0.4 is 0 Å². The number of halogens is 5. The second kappa shape index (κ2) is 4.85. The molecule has 1 heterocycles. The Hall–Kier alpha value is -1.41. The molecule has 1 saturated heterocycles. The Labute approximate surface area is 111 Å². The highest BCUT2D eigenvalue weighted by atomic mass is 19.4. The van der Waals surface area contributed by atoms with Crippen molar-refractivity contribution in [2.24, 2.45) is 11.3 Å². The molecule has 20 heavy (non-hydrogen) atoms. The molecular weight excluding hydrogens is 289 g/mol. The first-order valence-electron chi connectivity index (χ1n) is 5.83. The van der Waals surface area contributed by atoms with Gasteiger partial charge in [0, 0.05) is 13.1 Å². The fraction of sp³-hybridized carbons (Fsp3) is 0.818. The standard InChI is InChI=1S/C11H14F5NO3/c1-6(2)9(8(19)20)3-4-17(5-9)7(18)10(12,13)11(14,15)16/h6H,3-5H2,1-2H3,(H,19,20). The van der Waals surface area contributed by atoms with Crippen molar-refractivity contribution in [2.45, 2.75) is 32.4 Å². The average molecular weight is 303 g/mol. The van der Waals surface area contributed by atoms with Crippen LogP contribution in [-0.4, -0.2) is 47.1 Å². The van der Waals surface area contributed by atoms with Gasteiger partial charge in [-0.3, -0.25) is 9.59 Å². The lowest BCUT2D eigenvalue weighted by molar-refractivity contribution is -0.274. The molecule has 1 fully saturated rings. The first-order valence-corrected chi connectivity index (χ1v) is 5.83. The number of carbonyl (C=O) groups is 2. The quantitative estimate of drug-likeness (QED) is 0.813. The monoisotopic (exact) mass is 303 g/mol. The molecule has 4 nitrogen and oxygen atoms in total. The maximum Gasteiger partial charge on any atom is 0.463 e. The van der Waals surface area contributed by atoms with Crippen LogP contribution in [0, 0.1) is 11.3 Å². The Kier molecular flexibility index (Phi) is 4.04. The van der Waals surface area contributed by atoms with Gasteiger partial charge in [0.15, 0.2) is 0 Å². The van der Waals surface area contributed by atoms with Crippen LogP contribution >= 0.6 is 0 Å². The molecule has 1 atom stereocenters. The van der Waals surface area contributed by atoms with E-state index in [9.17, 15) is 31.5 Å². The van der Waals surface area contributed by atoms with Gasteiger partial charge in [-0.05, 0) is 12.3 Å². The number of hydrogen-bond acceptors (Lipinski definition) is 2. The summed E-state index contributed by atoms with van der Waals surface area (Å²) in [5.41, 5.74) is -1.49. The Morgan fingerprint density at radius 1 is 1.20 bits per heavy atom. The molecule has 0 bridgehead atoms. The first kappa shape index (κ1) is 16.6. The topological polar surface area (TPSA) is 57.6 Å². The van der Waals surface area contributed by atoms with E-state index in [2.05, 4.69) is 0 Å². The third-order valence-electron chi connectivity index (χ3n) is 3.74. The molecular formula is C11H14F5NO3. The Bertz CT molecular complexity index is 421. The molecule has 1 aliphatic rings. The second-order valence-electron chi connectivity index (χ2n) is 5.16. The zero-order valence-corrected chi connectivity index (χ0v) is 10.8. The van der Waals surface area contributed by atoms with E-state index in [1.807, 2.05) is 0 Å². The molecule has 1 rings (SSSR count). The summed E-state index contributed by atoms with van der Waals surface area (Å²) in [5, 5.41) is 9.15. The van der Waals surface area contributed by atoms with Gasteiger partial charge in [0.1, 0.15) is 0 Å². The van der Waals surface area contributed by atoms with Gasteiger partial charge < -0.3 is 10.0 Å². The highest BCUT2D eigenvalue weighted by Gasteiger charge is 2.66. The van der Waals surface area contributed by atoms with Gasteiger partial charge in [0.05, 0.1) is 5.41 Å². The summed E-state index contributed by atoms with van der Waals surface area (Å²) in [7, 11) is 0. The van der Waals surface area contributed by atoms with Crippen molar-refractivity contribution in [3.63, 3.8) is 0 Å². The van der Waals surface area contributed by atoms with E-state index in [1.165, 1.54) is 13.8 Å². The van der Waals surface area contributed by atoms with Crippen molar-refractivity contribution < 1.29 is 36.6 Å². The van der Waals surface area contributed by atoms with E-state index in [0.29, 0.717) is 0 Å². The molecule has 0 aromatic carbocycles. The van der Waals surface area contributed by atoms with Crippen molar-refractivity contribution in [3.8, 4) is 0 Å². The van der Waals surface area contributed by atoms with E-state index in [4.69, 9.17) is 5.11 Å². The number of alkyl halides is 5. The van der Waals surface area contributed by atoms with Crippen molar-refractivity contribution in [1.82, 2.24) is 4.90 Å². The second-order valence-corrected chi connectivity index (χ2v) is 5.16. The molecule has 0 aromatic rings. The zero-order chi connectivity index (χ0) is 15.9. The van der Waals surface area contributed by atoms with Crippen molar-refractivity contribution in [2.75, 3.05) is 13.1 Å². The Morgan fingerprint density at radius 3 is 2.00 bits per heavy atom. The number of aliphatic carboxylic acids is 1. The predicted octanol–water partition coefficient (Wildman–Crippen LogP) is 2.14. The summed E-state index contributed by atoms with van der Waals surface area (Å²) in [5.74, 6) is -9.71. The molecule has 0 radical (unpaired) electrons. The summed E-state index contributed by atoms with van der Waals surface area (Å²) in [6.45, 7) is 1.95. The number of rotatable bonds is 3. The van der Waals surface area contributed by atoms with E-state index >= 15 is 0 Å². The molecule has 9 heteroatoms. The summed E-state index contributed by atoms with van der Waals surface area (Å²) in [4.78, 5) is 22.8. The molecule has 116 valence electrons. The van der Waals surface area contributed by atoms with E-state index in [0.717, 1.165) is 0 Å². The van der Waals surface area contributed by atoms with Gasteiger partial charge in [-0.25, -0.2) is 0 Å². The molecule has 1 aliphatic heterocycles. The van der Waals surface area contributed by atoms with Crippen LogP contribution in [0.2, 0.25) is 0 Å². The number of likely N-dealkylation sites (tertiary alicyclic amines) is 1. The molecule has 1 amide bonds. The molecule has 0 spiro atoms. The van der Waals surface area contributed by atoms with E-state index < -0.39 is 48.4 Å². The lowest BCUT2D eigenvalue weighted by atomic mass is 9.76. The number of amides is 1. The molecule has 1 N–H and O–H groups in total. The molecule has 0 saturated carbocycles. The number of carbonyl (C=O) groups excluding carboxylic acids is 1. The van der Waals surface area contributed by atoms with Crippen LogP contribution in [0.3, 0.4) is 0 Å². The van der Waals surface area contributed by atoms with Gasteiger partial charge in [-0.2, -0.15) is 22.0 Å². The van der Waals surface area contributed by atoms with Gasteiger partial charge in [0.25, 0.3) is 0 Å². The number of carboxylic acids is 1. The molecule has 1 unspecified atom stereocenters. The highest BCUT2D eigenvalue weighted by Crippen LogP contribution is 2.42. The minimum atomic E-state index is -5.99. The largest absolute Gasteiger partial charge is 0.481 e. The van der Waals surface area contributed by atoms with Crippen LogP contribution in [0.4, 0.5) is 22.0 Å². The summed E-state index contributed by atoms with van der Waals surface area (Å²) in [6, 6.07) is 0. The van der Waals surface area contributed by atoms with Crippen LogP contribution in [0.15, 0.2) is 0 Å². The fourth-order valence-electron chi connectivity index (χ4n) is 2.22. The fourth-order valence-corrected chi connectivity index (χ4v) is 2.22. The van der Waals surface area contributed by atoms with Gasteiger partial charge >= 0.3 is 24.0 Å². The van der Waals surface area contributed by atoms with Crippen LogP contribution in [-0.2, 0) is 9.59 Å². The van der Waals surface area contributed by atoms with Gasteiger partial charge in [-0.1, -0.05) is 13.8 Å². The highest BCUT2D eigenvalue weighted by molar-refractivity contribution is 5.86. The summed E-state index contributed by atoms with van der Waals surface area (Å²) in [6.07, 6.45) is -6.14. The summed E-state index contributed by atoms with van der Waals surface area (Å²) >= 11 is 0. The molecule has 0 aromatic heterocycles. The normalized spacial score (nSPS) is 24.3. The smallest absolute Gasteiger partial charge is 0.463 e. The minimum Gasteiger partial charge on any atom is -0.481 e. The maximum absolute atomic E-state index is 13.0. The van der Waals surface area contributed by atoms with Crippen molar-refractivity contribution in [3.05, 3.63) is 0 Å². The summed E-state index contributed by atoms with van der Waals surface area (Å²) < 4.78 is 62.3. The van der Waals surface area contributed by atoms with Crippen LogP contribution in [0.25, 0.3) is 0 Å². The SMILES string of the molecule is CC(C)C1(C(=O)O)CCN(C(=O)C(F)(F)C(F)(F)F)C1. The first-order chi connectivity index (χ1) is 8.86.